The van der Waals surface area contributed by atoms with Crippen molar-refractivity contribution in [2.75, 3.05) is 25.0 Å². The first kappa shape index (κ1) is 21.9. The van der Waals surface area contributed by atoms with Crippen LogP contribution >= 0.6 is 0 Å². The van der Waals surface area contributed by atoms with E-state index in [4.69, 9.17) is 4.74 Å². The largest absolute Gasteiger partial charge is 0.445 e. The predicted molar refractivity (Wildman–Crippen MR) is 124 cm³/mol. The number of benzene rings is 2. The number of anilines is 1. The van der Waals surface area contributed by atoms with E-state index in [9.17, 15) is 9.59 Å². The summed E-state index contributed by atoms with van der Waals surface area (Å²) in [5.74, 6) is 0.467. The molecule has 1 saturated carbocycles. The Kier molecular flexibility index (Phi) is 6.06. The first-order chi connectivity index (χ1) is 16.0. The van der Waals surface area contributed by atoms with Crippen LogP contribution in [-0.4, -0.2) is 48.2 Å². The Balaban J connectivity index is 1.06. The molecule has 0 radical (unpaired) electrons. The van der Waals surface area contributed by atoms with Gasteiger partial charge in [-0.3, -0.25) is 4.79 Å². The number of likely N-dealkylation sites (tertiary alicyclic amines) is 1. The molecule has 2 aliphatic heterocycles. The van der Waals surface area contributed by atoms with Gasteiger partial charge in [-0.1, -0.05) is 42.5 Å². The number of hydrogen-bond donors (Lipinski definition) is 2. The van der Waals surface area contributed by atoms with E-state index in [1.54, 1.807) is 4.90 Å². The Morgan fingerprint density at radius 1 is 1.15 bits per heavy atom. The van der Waals surface area contributed by atoms with Gasteiger partial charge >= 0.3 is 6.09 Å². The molecule has 2 N–H and O–H groups in total. The number of amides is 2. The first-order valence-corrected chi connectivity index (χ1v) is 11.8. The number of piperidine rings is 1. The van der Waals surface area contributed by atoms with Crippen LogP contribution in [0.25, 0.3) is 0 Å². The van der Waals surface area contributed by atoms with Gasteiger partial charge in [0.1, 0.15) is 12.3 Å². The van der Waals surface area contributed by atoms with Gasteiger partial charge in [-0.15, -0.1) is 0 Å². The molecule has 174 valence electrons. The Labute approximate surface area is 193 Å². The summed E-state index contributed by atoms with van der Waals surface area (Å²) in [6.45, 7) is 1.28. The van der Waals surface area contributed by atoms with Crippen molar-refractivity contribution in [2.45, 2.75) is 56.3 Å². The molecular formula is C26H30FN3O3. The van der Waals surface area contributed by atoms with Crippen molar-refractivity contribution in [1.82, 2.24) is 10.2 Å². The van der Waals surface area contributed by atoms with E-state index in [2.05, 4.69) is 22.8 Å². The molecule has 1 aliphatic carbocycles. The average Bonchev–Trinajstić information content (AvgIpc) is 3.62. The second-order valence-electron chi connectivity index (χ2n) is 9.47. The van der Waals surface area contributed by atoms with Crippen molar-refractivity contribution in [1.29, 1.82) is 0 Å². The lowest BCUT2D eigenvalue weighted by Gasteiger charge is -2.36. The first-order valence-electron chi connectivity index (χ1n) is 11.8. The number of nitrogens with one attached hydrogen (secondary N) is 2. The summed E-state index contributed by atoms with van der Waals surface area (Å²) in [6, 6.07) is 16.1. The van der Waals surface area contributed by atoms with E-state index in [0.717, 1.165) is 24.1 Å². The van der Waals surface area contributed by atoms with Gasteiger partial charge in [-0.2, -0.15) is 0 Å². The number of hydrogen-bond acceptors (Lipinski definition) is 4. The molecule has 2 heterocycles. The maximum absolute atomic E-state index is 15.4. The molecule has 5 rings (SSSR count). The highest BCUT2D eigenvalue weighted by Crippen LogP contribution is 2.43. The van der Waals surface area contributed by atoms with Crippen molar-refractivity contribution in [2.24, 2.45) is 0 Å². The standard InChI is InChI=1S/C26H30FN3O3/c27-26(10-12-30(13-11-26)25(32)33-16-18-4-2-1-3-5-18)17-28-23-15-21(23)19-6-8-22-20(14-19)7-9-24(31)29-22/h1-6,8,14,21,23,28H,7,9-13,15-17H2,(H,29,31). The minimum atomic E-state index is -1.30. The second-order valence-corrected chi connectivity index (χ2v) is 9.47. The summed E-state index contributed by atoms with van der Waals surface area (Å²) in [5.41, 5.74) is 2.99. The van der Waals surface area contributed by atoms with E-state index < -0.39 is 5.67 Å². The van der Waals surface area contributed by atoms with E-state index in [1.165, 1.54) is 11.1 Å². The van der Waals surface area contributed by atoms with Crippen LogP contribution in [0.15, 0.2) is 48.5 Å². The molecule has 0 bridgehead atoms. The lowest BCUT2D eigenvalue weighted by molar-refractivity contribution is -0.116. The van der Waals surface area contributed by atoms with Crippen molar-refractivity contribution in [3.63, 3.8) is 0 Å². The summed E-state index contributed by atoms with van der Waals surface area (Å²) in [7, 11) is 0. The molecule has 2 fully saturated rings. The third kappa shape index (κ3) is 5.19. The van der Waals surface area contributed by atoms with Crippen molar-refractivity contribution in [3.8, 4) is 0 Å². The number of alkyl halides is 1. The van der Waals surface area contributed by atoms with Gasteiger partial charge in [-0.25, -0.2) is 9.18 Å². The van der Waals surface area contributed by atoms with Crippen LogP contribution in [0.3, 0.4) is 0 Å². The average molecular weight is 452 g/mol. The fourth-order valence-electron chi connectivity index (χ4n) is 4.81. The number of nitrogens with zero attached hydrogens (tertiary/aromatic N) is 1. The number of aryl methyl sites for hydroxylation is 1. The molecule has 7 heteroatoms. The topological polar surface area (TPSA) is 70.7 Å². The zero-order valence-corrected chi connectivity index (χ0v) is 18.7. The molecule has 2 amide bonds. The molecule has 33 heavy (non-hydrogen) atoms. The number of ether oxygens (including phenoxy) is 1. The number of rotatable bonds is 6. The van der Waals surface area contributed by atoms with Crippen LogP contribution in [0.2, 0.25) is 0 Å². The van der Waals surface area contributed by atoms with Crippen LogP contribution in [0.5, 0.6) is 0 Å². The summed E-state index contributed by atoms with van der Waals surface area (Å²) in [6.07, 6.45) is 2.56. The highest BCUT2D eigenvalue weighted by molar-refractivity contribution is 5.93. The zero-order valence-electron chi connectivity index (χ0n) is 18.7. The van der Waals surface area contributed by atoms with E-state index in [-0.39, 0.29) is 24.6 Å². The maximum atomic E-state index is 15.4. The number of halogens is 1. The molecule has 2 aromatic rings. The summed E-state index contributed by atoms with van der Waals surface area (Å²) < 4.78 is 20.7. The summed E-state index contributed by atoms with van der Waals surface area (Å²) in [5, 5.41) is 6.33. The number of fused-ring (bicyclic) bond motifs is 1. The highest BCUT2D eigenvalue weighted by atomic mass is 19.1. The Morgan fingerprint density at radius 2 is 1.94 bits per heavy atom. The quantitative estimate of drug-likeness (QED) is 0.692. The molecular weight excluding hydrogens is 421 g/mol. The Hall–Kier alpha value is -2.93. The molecule has 1 saturated heterocycles. The second kappa shape index (κ2) is 9.14. The lowest BCUT2D eigenvalue weighted by Crippen LogP contribution is -2.49. The van der Waals surface area contributed by atoms with Crippen molar-refractivity contribution >= 4 is 17.7 Å². The van der Waals surface area contributed by atoms with Crippen LogP contribution in [0.4, 0.5) is 14.9 Å². The van der Waals surface area contributed by atoms with E-state index in [1.807, 2.05) is 36.4 Å². The third-order valence-electron chi connectivity index (χ3n) is 7.05. The minimum Gasteiger partial charge on any atom is -0.445 e. The summed E-state index contributed by atoms with van der Waals surface area (Å²) in [4.78, 5) is 25.5. The van der Waals surface area contributed by atoms with E-state index in [0.29, 0.717) is 44.8 Å². The number of carbonyl (C=O) groups excluding carboxylic acids is 2. The van der Waals surface area contributed by atoms with Gasteiger partial charge in [-0.05, 0) is 35.6 Å². The number of carbonyl (C=O) groups is 2. The van der Waals surface area contributed by atoms with Crippen LogP contribution < -0.4 is 10.6 Å². The monoisotopic (exact) mass is 451 g/mol. The molecule has 6 nitrogen and oxygen atoms in total. The minimum absolute atomic E-state index is 0.0740. The highest BCUT2D eigenvalue weighted by Gasteiger charge is 2.42. The van der Waals surface area contributed by atoms with Crippen LogP contribution in [0.1, 0.15) is 48.3 Å². The van der Waals surface area contributed by atoms with Crippen LogP contribution in [0, 0.1) is 0 Å². The molecule has 2 aromatic carbocycles. The van der Waals surface area contributed by atoms with Gasteiger partial charge in [0.25, 0.3) is 0 Å². The molecule has 3 aliphatic rings. The maximum Gasteiger partial charge on any atom is 0.410 e. The normalized spacial score (nSPS) is 23.4. The van der Waals surface area contributed by atoms with Crippen molar-refractivity contribution < 1.29 is 18.7 Å². The van der Waals surface area contributed by atoms with Crippen LogP contribution in [-0.2, 0) is 22.6 Å². The zero-order chi connectivity index (χ0) is 22.8. The van der Waals surface area contributed by atoms with Gasteiger partial charge in [0.15, 0.2) is 0 Å². The van der Waals surface area contributed by atoms with Crippen molar-refractivity contribution in [3.05, 3.63) is 65.2 Å². The fraction of sp³-hybridized carbons (Fsp3) is 0.462. The lowest BCUT2D eigenvalue weighted by atomic mass is 9.93. The third-order valence-corrected chi connectivity index (χ3v) is 7.05. The summed E-state index contributed by atoms with van der Waals surface area (Å²) >= 11 is 0. The van der Waals surface area contributed by atoms with Gasteiger partial charge in [0.2, 0.25) is 5.91 Å². The molecule has 2 atom stereocenters. The fourth-order valence-corrected chi connectivity index (χ4v) is 4.81. The Morgan fingerprint density at radius 3 is 2.73 bits per heavy atom. The Bertz CT molecular complexity index is 1020. The molecule has 0 aromatic heterocycles. The van der Waals surface area contributed by atoms with E-state index >= 15 is 4.39 Å². The molecule has 0 spiro atoms. The predicted octanol–water partition coefficient (Wildman–Crippen LogP) is 4.16. The molecule has 2 unspecified atom stereocenters. The van der Waals surface area contributed by atoms with Gasteiger partial charge in [0.05, 0.1) is 0 Å². The van der Waals surface area contributed by atoms with Gasteiger partial charge in [0, 0.05) is 56.5 Å². The smallest absolute Gasteiger partial charge is 0.410 e. The van der Waals surface area contributed by atoms with Gasteiger partial charge < -0.3 is 20.3 Å². The SMILES string of the molecule is O=C1CCc2cc(C3CC3NCC3(F)CCN(C(=O)OCc4ccccc4)CC3)ccc2N1.